The molecule has 2 nitrogen and oxygen atoms in total. The maximum atomic E-state index is 5.80. The predicted molar refractivity (Wildman–Crippen MR) is 64.8 cm³/mol. The van der Waals surface area contributed by atoms with Gasteiger partial charge in [-0.25, -0.2) is 0 Å². The van der Waals surface area contributed by atoms with Crippen molar-refractivity contribution >= 4 is 0 Å². The second-order valence-corrected chi connectivity index (χ2v) is 5.57. The fraction of sp³-hybridized carbons (Fsp3) is 1.00. The summed E-state index contributed by atoms with van der Waals surface area (Å²) >= 11 is 0. The average Bonchev–Trinajstić information content (AvgIpc) is 2.62. The molecule has 1 saturated carbocycles. The van der Waals surface area contributed by atoms with Gasteiger partial charge in [0.05, 0.1) is 0 Å². The van der Waals surface area contributed by atoms with E-state index in [1.54, 1.807) is 0 Å². The van der Waals surface area contributed by atoms with Crippen LogP contribution in [0.5, 0.6) is 0 Å². The molecule has 88 valence electrons. The van der Waals surface area contributed by atoms with E-state index in [1.807, 2.05) is 0 Å². The molecule has 2 fully saturated rings. The first kappa shape index (κ1) is 11.4. The number of hydrogen-bond acceptors (Lipinski definition) is 2. The van der Waals surface area contributed by atoms with E-state index in [0.717, 1.165) is 18.5 Å². The molecule has 2 rings (SSSR count). The third kappa shape index (κ3) is 1.94. The summed E-state index contributed by atoms with van der Waals surface area (Å²) in [5, 5.41) is 0. The molecule has 0 bridgehead atoms. The monoisotopic (exact) mass is 210 g/mol. The first-order chi connectivity index (χ1) is 7.24. The van der Waals surface area contributed by atoms with Crippen LogP contribution in [-0.4, -0.2) is 30.6 Å². The molecule has 0 amide bonds. The molecule has 15 heavy (non-hydrogen) atoms. The van der Waals surface area contributed by atoms with Gasteiger partial charge in [0.15, 0.2) is 0 Å². The van der Waals surface area contributed by atoms with Crippen LogP contribution < -0.4 is 5.73 Å². The molecule has 1 saturated heterocycles. The molecular formula is C13H26N2. The summed E-state index contributed by atoms with van der Waals surface area (Å²) in [7, 11) is 0. The number of hydrogen-bond donors (Lipinski definition) is 1. The molecule has 0 spiro atoms. The quantitative estimate of drug-likeness (QED) is 0.771. The smallest absolute Gasteiger partial charge is 0.0136 e. The Hall–Kier alpha value is -0.0800. The van der Waals surface area contributed by atoms with Crippen LogP contribution in [0.2, 0.25) is 0 Å². The van der Waals surface area contributed by atoms with E-state index in [9.17, 15) is 0 Å². The van der Waals surface area contributed by atoms with Crippen molar-refractivity contribution in [3.05, 3.63) is 0 Å². The largest absolute Gasteiger partial charge is 0.330 e. The van der Waals surface area contributed by atoms with Crippen LogP contribution in [0.4, 0.5) is 0 Å². The predicted octanol–water partition coefficient (Wildman–Crippen LogP) is 2.24. The van der Waals surface area contributed by atoms with Gasteiger partial charge in [-0.2, -0.15) is 0 Å². The summed E-state index contributed by atoms with van der Waals surface area (Å²) < 4.78 is 0. The molecule has 1 aliphatic carbocycles. The molecule has 2 unspecified atom stereocenters. The summed E-state index contributed by atoms with van der Waals surface area (Å²) in [6, 6.07) is 0.829. The first-order valence-electron chi connectivity index (χ1n) is 6.69. The van der Waals surface area contributed by atoms with Gasteiger partial charge in [0, 0.05) is 12.6 Å². The van der Waals surface area contributed by atoms with Crippen LogP contribution in [0.3, 0.4) is 0 Å². The van der Waals surface area contributed by atoms with E-state index in [0.29, 0.717) is 5.41 Å². The number of likely N-dealkylation sites (tertiary alicyclic amines) is 1. The Morgan fingerprint density at radius 2 is 2.00 bits per heavy atom. The third-order valence-electron chi connectivity index (χ3n) is 5.12. The van der Waals surface area contributed by atoms with Gasteiger partial charge < -0.3 is 5.73 Å². The van der Waals surface area contributed by atoms with E-state index in [-0.39, 0.29) is 0 Å². The Balaban J connectivity index is 1.92. The molecule has 2 N–H and O–H groups in total. The Labute approximate surface area is 94.2 Å². The summed E-state index contributed by atoms with van der Waals surface area (Å²) in [5.74, 6) is 0.800. The maximum Gasteiger partial charge on any atom is 0.0136 e. The van der Waals surface area contributed by atoms with Crippen LogP contribution in [0, 0.1) is 11.3 Å². The molecule has 1 aliphatic heterocycles. The van der Waals surface area contributed by atoms with E-state index in [1.165, 1.54) is 45.2 Å². The molecule has 2 atom stereocenters. The van der Waals surface area contributed by atoms with Crippen molar-refractivity contribution in [1.82, 2.24) is 4.90 Å². The van der Waals surface area contributed by atoms with Crippen molar-refractivity contribution in [3.63, 3.8) is 0 Å². The van der Waals surface area contributed by atoms with Crippen LogP contribution in [0.15, 0.2) is 0 Å². The molecule has 0 aromatic rings. The topological polar surface area (TPSA) is 29.3 Å². The standard InChI is InChI=1S/C13H26N2/c1-3-13(4-2)7-8-15(10-13)12-6-5-11(12)9-14/h11-12H,3-10,14H2,1-2H3. The zero-order chi connectivity index (χ0) is 10.9. The Morgan fingerprint density at radius 1 is 1.27 bits per heavy atom. The highest BCUT2D eigenvalue weighted by molar-refractivity contribution is 4.96. The molecule has 2 aliphatic rings. The minimum Gasteiger partial charge on any atom is -0.330 e. The highest BCUT2D eigenvalue weighted by Crippen LogP contribution is 2.42. The van der Waals surface area contributed by atoms with Crippen molar-refractivity contribution in [2.45, 2.75) is 52.0 Å². The van der Waals surface area contributed by atoms with Gasteiger partial charge in [-0.05, 0) is 56.5 Å². The summed E-state index contributed by atoms with van der Waals surface area (Å²) in [6.45, 7) is 8.26. The number of rotatable bonds is 4. The highest BCUT2D eigenvalue weighted by Gasteiger charge is 2.42. The highest BCUT2D eigenvalue weighted by atomic mass is 15.2. The third-order valence-corrected chi connectivity index (χ3v) is 5.12. The lowest BCUT2D eigenvalue weighted by Crippen LogP contribution is -2.49. The average molecular weight is 210 g/mol. The van der Waals surface area contributed by atoms with E-state index in [4.69, 9.17) is 5.73 Å². The van der Waals surface area contributed by atoms with Crippen molar-refractivity contribution in [1.29, 1.82) is 0 Å². The van der Waals surface area contributed by atoms with E-state index < -0.39 is 0 Å². The maximum absolute atomic E-state index is 5.80. The fourth-order valence-electron chi connectivity index (χ4n) is 3.39. The van der Waals surface area contributed by atoms with Gasteiger partial charge in [0.1, 0.15) is 0 Å². The van der Waals surface area contributed by atoms with Gasteiger partial charge in [-0.3, -0.25) is 4.90 Å². The minimum atomic E-state index is 0.634. The zero-order valence-corrected chi connectivity index (χ0v) is 10.3. The second kappa shape index (κ2) is 4.42. The van der Waals surface area contributed by atoms with Crippen LogP contribution >= 0.6 is 0 Å². The SMILES string of the molecule is CCC1(CC)CCN(C2CCC2CN)C1. The van der Waals surface area contributed by atoms with Gasteiger partial charge >= 0.3 is 0 Å². The lowest BCUT2D eigenvalue weighted by atomic mass is 9.78. The molecule has 0 radical (unpaired) electrons. The molecule has 0 aromatic heterocycles. The van der Waals surface area contributed by atoms with Crippen molar-refractivity contribution in [2.24, 2.45) is 17.1 Å². The van der Waals surface area contributed by atoms with Crippen LogP contribution in [0.1, 0.15) is 46.0 Å². The van der Waals surface area contributed by atoms with Gasteiger partial charge in [0.2, 0.25) is 0 Å². The summed E-state index contributed by atoms with van der Waals surface area (Å²) in [4.78, 5) is 2.73. The van der Waals surface area contributed by atoms with Crippen LogP contribution in [-0.2, 0) is 0 Å². The Bertz CT molecular complexity index is 209. The van der Waals surface area contributed by atoms with Crippen molar-refractivity contribution in [2.75, 3.05) is 19.6 Å². The zero-order valence-electron chi connectivity index (χ0n) is 10.3. The minimum absolute atomic E-state index is 0.634. The van der Waals surface area contributed by atoms with E-state index in [2.05, 4.69) is 18.7 Å². The molecule has 2 heteroatoms. The number of nitrogens with zero attached hydrogens (tertiary/aromatic N) is 1. The Morgan fingerprint density at radius 3 is 2.40 bits per heavy atom. The molecule has 1 heterocycles. The van der Waals surface area contributed by atoms with Crippen molar-refractivity contribution in [3.8, 4) is 0 Å². The molecule has 0 aromatic carbocycles. The van der Waals surface area contributed by atoms with Crippen LogP contribution in [0.25, 0.3) is 0 Å². The Kier molecular flexibility index (Phi) is 3.36. The first-order valence-corrected chi connectivity index (χ1v) is 6.69. The fourth-order valence-corrected chi connectivity index (χ4v) is 3.39. The van der Waals surface area contributed by atoms with Gasteiger partial charge in [0.25, 0.3) is 0 Å². The second-order valence-electron chi connectivity index (χ2n) is 5.57. The van der Waals surface area contributed by atoms with Gasteiger partial charge in [-0.15, -0.1) is 0 Å². The molecular weight excluding hydrogens is 184 g/mol. The normalized spacial score (nSPS) is 35.4. The lowest BCUT2D eigenvalue weighted by molar-refractivity contribution is 0.0747. The van der Waals surface area contributed by atoms with Crippen molar-refractivity contribution < 1.29 is 0 Å². The lowest BCUT2D eigenvalue weighted by Gasteiger charge is -2.43. The van der Waals surface area contributed by atoms with E-state index >= 15 is 0 Å². The van der Waals surface area contributed by atoms with Gasteiger partial charge in [-0.1, -0.05) is 13.8 Å². The summed E-state index contributed by atoms with van der Waals surface area (Å²) in [6.07, 6.45) is 6.86. The summed E-state index contributed by atoms with van der Waals surface area (Å²) in [5.41, 5.74) is 6.43. The number of nitrogens with two attached hydrogens (primary N) is 1.